The van der Waals surface area contributed by atoms with Crippen LogP contribution in [-0.2, 0) is 7.05 Å². The van der Waals surface area contributed by atoms with Gasteiger partial charge in [-0.2, -0.15) is 5.10 Å². The maximum Gasteiger partial charge on any atom is 0.125 e. The van der Waals surface area contributed by atoms with Crippen LogP contribution in [0.15, 0.2) is 30.5 Å². The van der Waals surface area contributed by atoms with Crippen molar-refractivity contribution in [1.29, 1.82) is 0 Å². The van der Waals surface area contributed by atoms with Gasteiger partial charge in [-0.15, -0.1) is 0 Å². The van der Waals surface area contributed by atoms with Crippen LogP contribution in [0.1, 0.15) is 22.9 Å². The summed E-state index contributed by atoms with van der Waals surface area (Å²) in [6.45, 7) is 1.99. The summed E-state index contributed by atoms with van der Waals surface area (Å²) < 4.78 is 6.95. The van der Waals surface area contributed by atoms with Crippen LogP contribution in [0, 0.1) is 6.92 Å². The molecule has 0 bridgehead atoms. The molecule has 2 aromatic rings. The van der Waals surface area contributed by atoms with Gasteiger partial charge in [0, 0.05) is 18.8 Å². The summed E-state index contributed by atoms with van der Waals surface area (Å²) in [6, 6.07) is 7.54. The van der Waals surface area contributed by atoms with Crippen LogP contribution < -0.4 is 4.74 Å². The molecule has 1 N–H and O–H groups in total. The van der Waals surface area contributed by atoms with Crippen LogP contribution in [-0.4, -0.2) is 22.0 Å². The zero-order valence-corrected chi connectivity index (χ0v) is 10.2. The normalized spacial score (nSPS) is 12.5. The molecule has 0 aliphatic carbocycles. The maximum absolute atomic E-state index is 10.3. The lowest BCUT2D eigenvalue weighted by molar-refractivity contribution is 0.204. The molecule has 0 amide bonds. The average Bonchev–Trinajstić information content (AvgIpc) is 2.74. The molecule has 1 unspecified atom stereocenters. The summed E-state index contributed by atoms with van der Waals surface area (Å²) >= 11 is 0. The summed E-state index contributed by atoms with van der Waals surface area (Å²) in [5, 5.41) is 14.4. The van der Waals surface area contributed by atoms with E-state index in [1.165, 1.54) is 0 Å². The molecule has 1 atom stereocenters. The second-order valence-corrected chi connectivity index (χ2v) is 4.03. The molecule has 0 radical (unpaired) electrons. The predicted octanol–water partition coefficient (Wildman–Crippen LogP) is 1.82. The monoisotopic (exact) mass is 232 g/mol. The smallest absolute Gasteiger partial charge is 0.125 e. The van der Waals surface area contributed by atoms with Gasteiger partial charge in [0.1, 0.15) is 11.9 Å². The van der Waals surface area contributed by atoms with E-state index in [4.69, 9.17) is 4.74 Å². The van der Waals surface area contributed by atoms with E-state index in [0.29, 0.717) is 5.75 Å². The van der Waals surface area contributed by atoms with Gasteiger partial charge in [0.2, 0.25) is 0 Å². The maximum atomic E-state index is 10.3. The lowest BCUT2D eigenvalue weighted by Gasteiger charge is -2.15. The van der Waals surface area contributed by atoms with Crippen molar-refractivity contribution in [3.8, 4) is 5.75 Å². The number of hydrogen-bond donors (Lipinski definition) is 1. The largest absolute Gasteiger partial charge is 0.496 e. The molecule has 90 valence electrons. The Hall–Kier alpha value is -1.81. The number of benzene rings is 1. The molecule has 0 spiro atoms. The van der Waals surface area contributed by atoms with E-state index >= 15 is 0 Å². The standard InChI is InChI=1S/C13H16N2O2/c1-9-4-5-10(12(8-9)17-3)13(16)11-6-7-14-15(11)2/h4-8,13,16H,1-3H3. The molecule has 17 heavy (non-hydrogen) atoms. The Bertz CT molecular complexity index is 520. The van der Waals surface area contributed by atoms with Gasteiger partial charge in [-0.3, -0.25) is 4.68 Å². The van der Waals surface area contributed by atoms with E-state index in [-0.39, 0.29) is 0 Å². The molecule has 0 aliphatic rings. The summed E-state index contributed by atoms with van der Waals surface area (Å²) in [5.41, 5.74) is 2.59. The Morgan fingerprint density at radius 1 is 1.35 bits per heavy atom. The molecule has 0 saturated heterocycles. The molecule has 1 heterocycles. The Kier molecular flexibility index (Phi) is 3.15. The number of hydrogen-bond acceptors (Lipinski definition) is 3. The van der Waals surface area contributed by atoms with Gasteiger partial charge in [0.15, 0.2) is 0 Å². The highest BCUT2D eigenvalue weighted by atomic mass is 16.5. The summed E-state index contributed by atoms with van der Waals surface area (Å²) in [5.74, 6) is 0.693. The van der Waals surface area contributed by atoms with Crippen molar-refractivity contribution in [3.05, 3.63) is 47.3 Å². The lowest BCUT2D eigenvalue weighted by Crippen LogP contribution is -2.08. The minimum atomic E-state index is -0.724. The molecule has 4 nitrogen and oxygen atoms in total. The number of aliphatic hydroxyl groups is 1. The Morgan fingerprint density at radius 3 is 2.71 bits per heavy atom. The van der Waals surface area contributed by atoms with Crippen molar-refractivity contribution >= 4 is 0 Å². The average molecular weight is 232 g/mol. The molecule has 1 aromatic carbocycles. The Balaban J connectivity index is 2.44. The van der Waals surface area contributed by atoms with Crippen molar-refractivity contribution in [2.75, 3.05) is 7.11 Å². The second kappa shape index (κ2) is 4.59. The first-order chi connectivity index (χ1) is 8.13. The van der Waals surface area contributed by atoms with E-state index in [9.17, 15) is 5.11 Å². The van der Waals surface area contributed by atoms with E-state index in [1.807, 2.05) is 25.1 Å². The van der Waals surface area contributed by atoms with Gasteiger partial charge in [-0.05, 0) is 24.6 Å². The van der Waals surface area contributed by atoms with Crippen LogP contribution in [0.3, 0.4) is 0 Å². The van der Waals surface area contributed by atoms with E-state index in [1.54, 1.807) is 31.1 Å². The number of aryl methyl sites for hydroxylation is 2. The second-order valence-electron chi connectivity index (χ2n) is 4.03. The summed E-state index contributed by atoms with van der Waals surface area (Å²) in [4.78, 5) is 0. The van der Waals surface area contributed by atoms with Crippen molar-refractivity contribution in [1.82, 2.24) is 9.78 Å². The first kappa shape index (κ1) is 11.7. The topological polar surface area (TPSA) is 47.3 Å². The minimum Gasteiger partial charge on any atom is -0.496 e. The van der Waals surface area contributed by atoms with Crippen molar-refractivity contribution in [2.45, 2.75) is 13.0 Å². The fraction of sp³-hybridized carbons (Fsp3) is 0.308. The quantitative estimate of drug-likeness (QED) is 0.878. The molecule has 0 saturated carbocycles. The molecule has 0 aliphatic heterocycles. The third-order valence-corrected chi connectivity index (χ3v) is 2.82. The predicted molar refractivity (Wildman–Crippen MR) is 65.0 cm³/mol. The summed E-state index contributed by atoms with van der Waals surface area (Å²) in [6.07, 6.45) is 0.942. The van der Waals surface area contributed by atoms with E-state index < -0.39 is 6.10 Å². The van der Waals surface area contributed by atoms with E-state index in [2.05, 4.69) is 5.10 Å². The number of nitrogens with zero attached hydrogens (tertiary/aromatic N) is 2. The molecule has 4 heteroatoms. The number of aliphatic hydroxyl groups excluding tert-OH is 1. The first-order valence-electron chi connectivity index (χ1n) is 5.44. The highest BCUT2D eigenvalue weighted by Gasteiger charge is 2.18. The number of aromatic nitrogens is 2. The van der Waals surface area contributed by atoms with Gasteiger partial charge >= 0.3 is 0 Å². The first-order valence-corrected chi connectivity index (χ1v) is 5.44. The van der Waals surface area contributed by atoms with Crippen LogP contribution in [0.5, 0.6) is 5.75 Å². The third kappa shape index (κ3) is 2.17. The van der Waals surface area contributed by atoms with Gasteiger partial charge < -0.3 is 9.84 Å². The highest BCUT2D eigenvalue weighted by molar-refractivity contribution is 5.41. The van der Waals surface area contributed by atoms with Crippen LogP contribution in [0.4, 0.5) is 0 Å². The highest BCUT2D eigenvalue weighted by Crippen LogP contribution is 2.30. The molecule has 2 rings (SSSR count). The Labute approximate surface area is 100 Å². The number of methoxy groups -OCH3 is 1. The van der Waals surface area contributed by atoms with E-state index in [0.717, 1.165) is 16.8 Å². The van der Waals surface area contributed by atoms with Crippen molar-refractivity contribution < 1.29 is 9.84 Å². The third-order valence-electron chi connectivity index (χ3n) is 2.82. The molecular weight excluding hydrogens is 216 g/mol. The zero-order chi connectivity index (χ0) is 12.4. The van der Waals surface area contributed by atoms with Crippen molar-refractivity contribution in [3.63, 3.8) is 0 Å². The fourth-order valence-corrected chi connectivity index (χ4v) is 1.86. The molecular formula is C13H16N2O2. The van der Waals surface area contributed by atoms with Crippen LogP contribution >= 0.6 is 0 Å². The van der Waals surface area contributed by atoms with Crippen LogP contribution in [0.25, 0.3) is 0 Å². The SMILES string of the molecule is COc1cc(C)ccc1C(O)c1ccnn1C. The minimum absolute atomic E-state index is 0.693. The molecule has 1 aromatic heterocycles. The van der Waals surface area contributed by atoms with Gasteiger partial charge in [-0.25, -0.2) is 0 Å². The van der Waals surface area contributed by atoms with Gasteiger partial charge in [0.25, 0.3) is 0 Å². The van der Waals surface area contributed by atoms with Crippen molar-refractivity contribution in [2.24, 2.45) is 7.05 Å². The number of rotatable bonds is 3. The van der Waals surface area contributed by atoms with Gasteiger partial charge in [0.05, 0.1) is 12.8 Å². The number of ether oxygens (including phenoxy) is 1. The Morgan fingerprint density at radius 2 is 2.12 bits per heavy atom. The summed E-state index contributed by atoms with van der Waals surface area (Å²) in [7, 11) is 3.41. The molecule has 0 fully saturated rings. The lowest BCUT2D eigenvalue weighted by atomic mass is 10.0. The van der Waals surface area contributed by atoms with Gasteiger partial charge in [-0.1, -0.05) is 12.1 Å². The van der Waals surface area contributed by atoms with Crippen LogP contribution in [0.2, 0.25) is 0 Å². The fourth-order valence-electron chi connectivity index (χ4n) is 1.86. The zero-order valence-electron chi connectivity index (χ0n) is 10.2.